The lowest BCUT2D eigenvalue weighted by Crippen LogP contribution is -2.49. The van der Waals surface area contributed by atoms with E-state index in [1.807, 2.05) is 60.8 Å². The Morgan fingerprint density at radius 3 is 2.42 bits per heavy atom. The van der Waals surface area contributed by atoms with Gasteiger partial charge in [-0.05, 0) is 54.7 Å². The molecule has 0 saturated carbocycles. The molecular formula is C37H41N7O3S. The third kappa shape index (κ3) is 8.87. The first-order chi connectivity index (χ1) is 23.1. The Balaban J connectivity index is 1.42. The highest BCUT2D eigenvalue weighted by atomic mass is 32.1. The zero-order chi connectivity index (χ0) is 34.2. The van der Waals surface area contributed by atoms with Crippen LogP contribution in [0.15, 0.2) is 91.0 Å². The van der Waals surface area contributed by atoms with Crippen molar-refractivity contribution in [1.29, 1.82) is 0 Å². The van der Waals surface area contributed by atoms with E-state index in [-0.39, 0.29) is 18.0 Å². The molecule has 0 saturated heterocycles. The number of aliphatic hydroxyl groups is 1. The zero-order valence-electron chi connectivity index (χ0n) is 27.9. The maximum atomic E-state index is 14.0. The van der Waals surface area contributed by atoms with Gasteiger partial charge in [0.15, 0.2) is 0 Å². The number of carbonyl (C=O) groups excluding carboxylic acids is 2. The number of hydrogen-bond donors (Lipinski definition) is 2. The number of carbonyl (C=O) groups is 2. The second kappa shape index (κ2) is 15.7. The number of rotatable bonds is 13. The van der Waals surface area contributed by atoms with Crippen LogP contribution in [0.4, 0.5) is 5.69 Å². The van der Waals surface area contributed by atoms with Crippen LogP contribution in [0.5, 0.6) is 0 Å². The Kier molecular flexibility index (Phi) is 11.3. The molecule has 0 fully saturated rings. The average molecular weight is 664 g/mol. The Hall–Kier alpha value is -5.00. The minimum absolute atomic E-state index is 0.255. The molecule has 0 aliphatic carbocycles. The summed E-state index contributed by atoms with van der Waals surface area (Å²) in [5.41, 5.74) is 5.55. The molecule has 11 heteroatoms. The van der Waals surface area contributed by atoms with Gasteiger partial charge in [-0.15, -0.1) is 11.3 Å². The molecule has 0 radical (unpaired) electrons. The summed E-state index contributed by atoms with van der Waals surface area (Å²) in [6.45, 7) is 6.73. The first-order valence-electron chi connectivity index (χ1n) is 15.8. The number of thiazole rings is 1. The standard InChI is InChI=1S/C37H41N7O3S/c1-24(2)30-17-31(19-39-18-30)43(4)21-34(45)32(13-26-9-7-6-8-10-26)42-36(46)28-14-27(33-20-38-11-12-40-33)15-29(16-28)37(47)44(5)22-35-41-25(3)23-48-35/h6-12,14-20,23-24,32,34,45H,13,21-22H2,1-5H3,(H,42,46)/t32-,34+/m0/s1. The molecule has 5 rings (SSSR count). The van der Waals surface area contributed by atoms with Crippen molar-refractivity contribution in [2.75, 3.05) is 25.5 Å². The predicted octanol–water partition coefficient (Wildman–Crippen LogP) is 5.54. The van der Waals surface area contributed by atoms with E-state index in [1.54, 1.807) is 54.9 Å². The van der Waals surface area contributed by atoms with Crippen molar-refractivity contribution in [3.05, 3.63) is 124 Å². The minimum atomic E-state index is -0.931. The maximum absolute atomic E-state index is 14.0. The van der Waals surface area contributed by atoms with Gasteiger partial charge in [-0.3, -0.25) is 24.5 Å². The third-order valence-corrected chi connectivity index (χ3v) is 9.03. The molecular weight excluding hydrogens is 623 g/mol. The highest BCUT2D eigenvalue weighted by Gasteiger charge is 2.26. The SMILES string of the molecule is Cc1csc(CN(C)C(=O)c2cc(C(=O)N[C@@H](Cc3ccccc3)[C@H](O)CN(C)c3cncc(C(C)C)c3)cc(-c3cnccn3)c2)n1. The van der Waals surface area contributed by atoms with Crippen LogP contribution in [-0.2, 0) is 13.0 Å². The number of anilines is 1. The molecule has 2 aromatic carbocycles. The minimum Gasteiger partial charge on any atom is -0.389 e. The molecule has 2 amide bonds. The van der Waals surface area contributed by atoms with Crippen LogP contribution in [0.2, 0.25) is 0 Å². The Bertz CT molecular complexity index is 1830. The fraction of sp³-hybridized carbons (Fsp3) is 0.297. The number of aliphatic hydroxyl groups excluding tert-OH is 1. The molecule has 2 N–H and O–H groups in total. The number of nitrogens with one attached hydrogen (secondary N) is 1. The van der Waals surface area contributed by atoms with E-state index >= 15 is 0 Å². The highest BCUT2D eigenvalue weighted by molar-refractivity contribution is 7.09. The summed E-state index contributed by atoms with van der Waals surface area (Å²) in [6, 6.07) is 16.2. The van der Waals surface area contributed by atoms with Crippen molar-refractivity contribution in [3.63, 3.8) is 0 Å². The molecule has 3 heterocycles. The highest BCUT2D eigenvalue weighted by Crippen LogP contribution is 2.24. The van der Waals surface area contributed by atoms with Crippen LogP contribution in [0, 0.1) is 6.92 Å². The number of amides is 2. The first-order valence-corrected chi connectivity index (χ1v) is 16.7. The summed E-state index contributed by atoms with van der Waals surface area (Å²) in [4.78, 5) is 48.7. The van der Waals surface area contributed by atoms with Gasteiger partial charge in [-0.2, -0.15) is 0 Å². The van der Waals surface area contributed by atoms with Gasteiger partial charge in [0.1, 0.15) is 5.01 Å². The van der Waals surface area contributed by atoms with Gasteiger partial charge in [-0.1, -0.05) is 44.2 Å². The molecule has 2 atom stereocenters. The third-order valence-electron chi connectivity index (χ3n) is 8.08. The van der Waals surface area contributed by atoms with Crippen molar-refractivity contribution < 1.29 is 14.7 Å². The van der Waals surface area contributed by atoms with Gasteiger partial charge in [0.2, 0.25) is 0 Å². The van der Waals surface area contributed by atoms with Crippen molar-refractivity contribution in [3.8, 4) is 11.3 Å². The smallest absolute Gasteiger partial charge is 0.254 e. The molecule has 0 aliphatic heterocycles. The van der Waals surface area contributed by atoms with Crippen LogP contribution < -0.4 is 10.2 Å². The number of likely N-dealkylation sites (N-methyl/N-ethyl adjacent to an activating group) is 1. The number of benzene rings is 2. The second-order valence-corrected chi connectivity index (χ2v) is 13.2. The summed E-state index contributed by atoms with van der Waals surface area (Å²) < 4.78 is 0. The fourth-order valence-electron chi connectivity index (χ4n) is 5.33. The van der Waals surface area contributed by atoms with Crippen LogP contribution in [0.25, 0.3) is 11.3 Å². The van der Waals surface area contributed by atoms with E-state index < -0.39 is 18.1 Å². The molecule has 5 aromatic rings. The maximum Gasteiger partial charge on any atom is 0.254 e. The van der Waals surface area contributed by atoms with Gasteiger partial charge in [0.05, 0.1) is 42.5 Å². The number of hydrogen-bond acceptors (Lipinski definition) is 9. The van der Waals surface area contributed by atoms with Crippen LogP contribution >= 0.6 is 11.3 Å². The Morgan fingerprint density at radius 2 is 1.73 bits per heavy atom. The van der Waals surface area contributed by atoms with E-state index in [9.17, 15) is 14.7 Å². The van der Waals surface area contributed by atoms with E-state index in [1.165, 1.54) is 11.3 Å². The number of aromatic nitrogens is 4. The van der Waals surface area contributed by atoms with Crippen LogP contribution in [0.1, 0.15) is 62.3 Å². The first kappa shape index (κ1) is 34.3. The van der Waals surface area contributed by atoms with Crippen molar-refractivity contribution in [1.82, 2.24) is 30.2 Å². The fourth-order valence-corrected chi connectivity index (χ4v) is 6.16. The van der Waals surface area contributed by atoms with Gasteiger partial charge < -0.3 is 20.2 Å². The summed E-state index contributed by atoms with van der Waals surface area (Å²) in [7, 11) is 3.61. The average Bonchev–Trinajstić information content (AvgIpc) is 3.52. The molecule has 0 aliphatic rings. The molecule has 0 bridgehead atoms. The molecule has 10 nitrogen and oxygen atoms in total. The van der Waals surface area contributed by atoms with Crippen molar-refractivity contribution in [2.24, 2.45) is 0 Å². The lowest BCUT2D eigenvalue weighted by atomic mass is 9.98. The van der Waals surface area contributed by atoms with E-state index in [2.05, 4.69) is 45.2 Å². The topological polar surface area (TPSA) is 124 Å². The number of nitrogens with zero attached hydrogens (tertiary/aromatic N) is 6. The van der Waals surface area contributed by atoms with Crippen molar-refractivity contribution >= 4 is 28.8 Å². The quantitative estimate of drug-likeness (QED) is 0.168. The summed E-state index contributed by atoms with van der Waals surface area (Å²) in [5, 5.41) is 17.5. The molecule has 248 valence electrons. The lowest BCUT2D eigenvalue weighted by molar-refractivity contribution is 0.0785. The summed E-state index contributed by atoms with van der Waals surface area (Å²) >= 11 is 1.50. The molecule has 0 unspecified atom stereocenters. The summed E-state index contributed by atoms with van der Waals surface area (Å²) in [5.74, 6) is -0.367. The Morgan fingerprint density at radius 1 is 0.958 bits per heavy atom. The monoisotopic (exact) mass is 663 g/mol. The van der Waals surface area contributed by atoms with E-state index in [0.717, 1.165) is 27.5 Å². The zero-order valence-corrected chi connectivity index (χ0v) is 28.7. The Labute approximate surface area is 285 Å². The normalized spacial score (nSPS) is 12.4. The van der Waals surface area contributed by atoms with E-state index in [0.29, 0.717) is 35.7 Å². The van der Waals surface area contributed by atoms with Gasteiger partial charge in [0, 0.05) is 67.0 Å². The van der Waals surface area contributed by atoms with Crippen molar-refractivity contribution in [2.45, 2.75) is 51.8 Å². The number of pyridine rings is 1. The molecule has 0 spiro atoms. The number of aryl methyl sites for hydroxylation is 1. The van der Waals surface area contributed by atoms with E-state index in [4.69, 9.17) is 0 Å². The lowest BCUT2D eigenvalue weighted by Gasteiger charge is -2.29. The second-order valence-electron chi connectivity index (χ2n) is 12.3. The molecule has 3 aromatic heterocycles. The molecule has 48 heavy (non-hydrogen) atoms. The van der Waals surface area contributed by atoms with Crippen LogP contribution in [0.3, 0.4) is 0 Å². The predicted molar refractivity (Wildman–Crippen MR) is 189 cm³/mol. The van der Waals surface area contributed by atoms with Gasteiger partial charge >= 0.3 is 0 Å². The summed E-state index contributed by atoms with van der Waals surface area (Å²) in [6.07, 6.45) is 7.81. The van der Waals surface area contributed by atoms with Gasteiger partial charge in [-0.25, -0.2) is 4.98 Å². The largest absolute Gasteiger partial charge is 0.389 e. The van der Waals surface area contributed by atoms with Gasteiger partial charge in [0.25, 0.3) is 11.8 Å². The van der Waals surface area contributed by atoms with Crippen LogP contribution in [-0.4, -0.2) is 74.5 Å².